The van der Waals surface area contributed by atoms with Crippen molar-refractivity contribution in [3.63, 3.8) is 0 Å². The summed E-state index contributed by atoms with van der Waals surface area (Å²) >= 11 is 0. The number of rotatable bonds is 5. The minimum Gasteiger partial charge on any atom is -0.497 e. The second kappa shape index (κ2) is 7.06. The van der Waals surface area contributed by atoms with Crippen molar-refractivity contribution >= 4 is 22.6 Å². The molecule has 0 saturated heterocycles. The molecule has 1 aliphatic carbocycles. The Kier molecular flexibility index (Phi) is 4.68. The van der Waals surface area contributed by atoms with Gasteiger partial charge >= 0.3 is 6.18 Å². The number of halogens is 3. The zero-order valence-electron chi connectivity index (χ0n) is 15.9. The molecule has 4 rings (SSSR count). The van der Waals surface area contributed by atoms with E-state index >= 15 is 0 Å². The van der Waals surface area contributed by atoms with Gasteiger partial charge in [0.05, 0.1) is 23.8 Å². The van der Waals surface area contributed by atoms with Crippen molar-refractivity contribution in [1.82, 2.24) is 14.8 Å². The van der Waals surface area contributed by atoms with Crippen LogP contribution in [-0.2, 0) is 17.5 Å². The fraction of sp³-hybridized carbons (Fsp3) is 0.350. The predicted octanol–water partition coefficient (Wildman–Crippen LogP) is 4.28. The number of hydrogen-bond acceptors (Lipinski definition) is 4. The van der Waals surface area contributed by atoms with Gasteiger partial charge < -0.3 is 10.1 Å². The van der Waals surface area contributed by atoms with E-state index in [-0.39, 0.29) is 29.2 Å². The third-order valence-corrected chi connectivity index (χ3v) is 4.85. The summed E-state index contributed by atoms with van der Waals surface area (Å²) in [5.74, 6) is 0.193. The topological polar surface area (TPSA) is 69.0 Å². The van der Waals surface area contributed by atoms with E-state index in [1.165, 1.54) is 18.7 Å². The fourth-order valence-corrected chi connectivity index (χ4v) is 3.33. The summed E-state index contributed by atoms with van der Waals surface area (Å²) in [6.07, 6.45) is -2.88. The van der Waals surface area contributed by atoms with Gasteiger partial charge in [0, 0.05) is 23.4 Å². The normalized spacial score (nSPS) is 14.2. The van der Waals surface area contributed by atoms with Crippen molar-refractivity contribution in [1.29, 1.82) is 0 Å². The Balaban J connectivity index is 1.68. The Hall–Kier alpha value is -3.10. The average Bonchev–Trinajstić information content (AvgIpc) is 3.46. The summed E-state index contributed by atoms with van der Waals surface area (Å²) in [7, 11) is 1.51. The Labute approximate surface area is 164 Å². The third-order valence-electron chi connectivity index (χ3n) is 4.85. The average molecular weight is 404 g/mol. The minimum absolute atomic E-state index is 0.0368. The van der Waals surface area contributed by atoms with E-state index in [9.17, 15) is 18.0 Å². The number of pyridine rings is 1. The maximum atomic E-state index is 13.6. The van der Waals surface area contributed by atoms with Crippen LogP contribution in [0.5, 0.6) is 5.75 Å². The number of carbonyl (C=O) groups is 1. The molecule has 1 fully saturated rings. The first kappa shape index (κ1) is 19.2. The van der Waals surface area contributed by atoms with Gasteiger partial charge in [-0.3, -0.25) is 4.79 Å². The number of hydrogen-bond donors (Lipinski definition) is 1. The van der Waals surface area contributed by atoms with Gasteiger partial charge in [0.1, 0.15) is 12.3 Å². The molecule has 0 atom stereocenters. The molecule has 2 heterocycles. The summed E-state index contributed by atoms with van der Waals surface area (Å²) in [5, 5.41) is 6.81. The molecule has 0 bridgehead atoms. The van der Waals surface area contributed by atoms with Crippen molar-refractivity contribution in [2.75, 3.05) is 12.4 Å². The maximum absolute atomic E-state index is 13.6. The highest BCUT2D eigenvalue weighted by atomic mass is 19.4. The number of fused-ring (bicyclic) bond motifs is 1. The number of methoxy groups -OCH3 is 1. The van der Waals surface area contributed by atoms with Crippen molar-refractivity contribution in [2.24, 2.45) is 0 Å². The lowest BCUT2D eigenvalue weighted by molar-refractivity contribution is -0.136. The van der Waals surface area contributed by atoms with Crippen LogP contribution in [0.2, 0.25) is 0 Å². The molecule has 0 aliphatic heterocycles. The van der Waals surface area contributed by atoms with Crippen molar-refractivity contribution in [3.05, 3.63) is 47.3 Å². The molecule has 2 aromatic heterocycles. The highest BCUT2D eigenvalue weighted by Crippen LogP contribution is 2.43. The van der Waals surface area contributed by atoms with Gasteiger partial charge in [-0.25, -0.2) is 9.67 Å². The first-order chi connectivity index (χ1) is 13.8. The number of aryl methyl sites for hydroxylation is 1. The minimum atomic E-state index is -4.52. The van der Waals surface area contributed by atoms with Gasteiger partial charge in [0.25, 0.3) is 0 Å². The molecule has 6 nitrogen and oxygen atoms in total. The van der Waals surface area contributed by atoms with Gasteiger partial charge in [0.2, 0.25) is 5.91 Å². The van der Waals surface area contributed by atoms with Crippen LogP contribution in [0, 0.1) is 6.92 Å². The predicted molar refractivity (Wildman–Crippen MR) is 101 cm³/mol. The number of alkyl halides is 3. The molecule has 1 amide bonds. The standard InChI is InChI=1S/C20H19F3N4O2/c1-11-18-15(20(21,22)23)9-16(12-6-7-12)25-19(18)27(26-11)10-17(28)24-13-4-3-5-14(8-13)29-2/h3-5,8-9,12H,6-7,10H2,1-2H3,(H,24,28). The molecule has 0 radical (unpaired) electrons. The van der Waals surface area contributed by atoms with Crippen LogP contribution >= 0.6 is 0 Å². The number of aromatic nitrogens is 3. The SMILES string of the molecule is COc1cccc(NC(=O)Cn2nc(C)c3c(C(F)(F)F)cc(C4CC4)nc32)c1. The third kappa shape index (κ3) is 3.90. The smallest absolute Gasteiger partial charge is 0.417 e. The first-order valence-electron chi connectivity index (χ1n) is 9.15. The van der Waals surface area contributed by atoms with Crippen LogP contribution in [-0.4, -0.2) is 27.8 Å². The summed E-state index contributed by atoms with van der Waals surface area (Å²) in [6.45, 7) is 1.24. The molecule has 9 heteroatoms. The number of nitrogens with one attached hydrogen (secondary N) is 1. The Bertz CT molecular complexity index is 1090. The number of anilines is 1. The number of carbonyl (C=O) groups excluding carboxylic acids is 1. The zero-order valence-corrected chi connectivity index (χ0v) is 15.9. The molecular formula is C20H19F3N4O2. The lowest BCUT2D eigenvalue weighted by atomic mass is 10.1. The quantitative estimate of drug-likeness (QED) is 0.689. The van der Waals surface area contributed by atoms with Crippen molar-refractivity contribution < 1.29 is 22.7 Å². The lowest BCUT2D eigenvalue weighted by Gasteiger charge is -2.11. The first-order valence-corrected chi connectivity index (χ1v) is 9.15. The van der Waals surface area contributed by atoms with Crippen molar-refractivity contribution in [3.8, 4) is 5.75 Å². The molecule has 1 aliphatic rings. The Morgan fingerprint density at radius 1 is 1.31 bits per heavy atom. The van der Waals surface area contributed by atoms with Crippen LogP contribution in [0.4, 0.5) is 18.9 Å². The molecule has 29 heavy (non-hydrogen) atoms. The Morgan fingerprint density at radius 2 is 2.07 bits per heavy atom. The van der Waals surface area contributed by atoms with Crippen LogP contribution in [0.25, 0.3) is 11.0 Å². The van der Waals surface area contributed by atoms with Crippen LogP contribution < -0.4 is 10.1 Å². The second-order valence-electron chi connectivity index (χ2n) is 7.09. The van der Waals surface area contributed by atoms with E-state index in [2.05, 4.69) is 15.4 Å². The van der Waals surface area contributed by atoms with E-state index in [0.29, 0.717) is 17.1 Å². The molecule has 1 N–H and O–H groups in total. The van der Waals surface area contributed by atoms with Gasteiger partial charge in [-0.15, -0.1) is 0 Å². The summed E-state index contributed by atoms with van der Waals surface area (Å²) in [6, 6.07) is 7.92. The monoisotopic (exact) mass is 404 g/mol. The Morgan fingerprint density at radius 3 is 2.72 bits per heavy atom. The van der Waals surface area contributed by atoms with Crippen LogP contribution in [0.3, 0.4) is 0 Å². The highest BCUT2D eigenvalue weighted by molar-refractivity contribution is 5.92. The fourth-order valence-electron chi connectivity index (χ4n) is 3.33. The van der Waals surface area contributed by atoms with E-state index < -0.39 is 17.6 Å². The molecule has 152 valence electrons. The summed E-state index contributed by atoms with van der Waals surface area (Å²) in [4.78, 5) is 16.9. The van der Waals surface area contributed by atoms with Crippen LogP contribution in [0.15, 0.2) is 30.3 Å². The summed E-state index contributed by atoms with van der Waals surface area (Å²) in [5.41, 5.74) is 0.446. The van der Waals surface area contributed by atoms with Gasteiger partial charge in [0.15, 0.2) is 5.65 Å². The number of amides is 1. The van der Waals surface area contributed by atoms with Crippen molar-refractivity contribution in [2.45, 2.75) is 38.4 Å². The van der Waals surface area contributed by atoms with E-state index in [1.807, 2.05) is 0 Å². The highest BCUT2D eigenvalue weighted by Gasteiger charge is 2.37. The number of ether oxygens (including phenoxy) is 1. The summed E-state index contributed by atoms with van der Waals surface area (Å²) < 4.78 is 47.3. The number of nitrogens with zero attached hydrogens (tertiary/aromatic N) is 3. The van der Waals surface area contributed by atoms with E-state index in [1.54, 1.807) is 24.3 Å². The molecule has 3 aromatic rings. The van der Waals surface area contributed by atoms with Crippen LogP contribution in [0.1, 0.15) is 35.7 Å². The molecule has 0 spiro atoms. The number of benzene rings is 1. The molecular weight excluding hydrogens is 385 g/mol. The lowest BCUT2D eigenvalue weighted by Crippen LogP contribution is -2.20. The van der Waals surface area contributed by atoms with E-state index in [0.717, 1.165) is 18.9 Å². The zero-order chi connectivity index (χ0) is 20.8. The van der Waals surface area contributed by atoms with Gasteiger partial charge in [-0.1, -0.05) is 6.07 Å². The molecule has 0 unspecified atom stereocenters. The molecule has 1 saturated carbocycles. The van der Waals surface area contributed by atoms with Gasteiger partial charge in [-0.2, -0.15) is 18.3 Å². The largest absolute Gasteiger partial charge is 0.497 e. The van der Waals surface area contributed by atoms with E-state index in [4.69, 9.17) is 4.74 Å². The molecule has 1 aromatic carbocycles. The second-order valence-corrected chi connectivity index (χ2v) is 7.09. The van der Waals surface area contributed by atoms with Gasteiger partial charge in [-0.05, 0) is 38.0 Å². The maximum Gasteiger partial charge on any atom is 0.417 e.